The number of rotatable bonds is 6. The molecule has 8 heteroatoms. The van der Waals surface area contributed by atoms with Gasteiger partial charge in [0.2, 0.25) is 0 Å². The van der Waals surface area contributed by atoms with Crippen molar-refractivity contribution in [3.05, 3.63) is 29.6 Å². The van der Waals surface area contributed by atoms with Gasteiger partial charge in [0, 0.05) is 19.6 Å². The van der Waals surface area contributed by atoms with Crippen LogP contribution in [0.3, 0.4) is 0 Å². The van der Waals surface area contributed by atoms with Crippen molar-refractivity contribution in [1.29, 1.82) is 0 Å². The predicted molar refractivity (Wildman–Crippen MR) is 83.6 cm³/mol. The highest BCUT2D eigenvalue weighted by molar-refractivity contribution is 5.76. The topological polar surface area (TPSA) is 88.1 Å². The molecular weight excluding hydrogens is 319 g/mol. The minimum Gasteiger partial charge on any atom is -0.494 e. The Labute approximate surface area is 139 Å². The fraction of sp³-hybridized carbons (Fsp3) is 0.500. The maximum Gasteiger partial charge on any atom is 0.317 e. The van der Waals surface area contributed by atoms with Crippen LogP contribution in [-0.4, -0.2) is 62.0 Å². The van der Waals surface area contributed by atoms with Gasteiger partial charge in [-0.15, -0.1) is 0 Å². The van der Waals surface area contributed by atoms with Gasteiger partial charge in [-0.25, -0.2) is 9.18 Å². The average molecular weight is 340 g/mol. The van der Waals surface area contributed by atoms with Crippen LogP contribution in [0, 0.1) is 11.7 Å². The predicted octanol–water partition coefficient (Wildman–Crippen LogP) is 1.12. The monoisotopic (exact) mass is 340 g/mol. The third kappa shape index (κ3) is 4.82. The molecule has 1 fully saturated rings. The van der Waals surface area contributed by atoms with Gasteiger partial charge in [-0.2, -0.15) is 0 Å². The van der Waals surface area contributed by atoms with Crippen LogP contribution in [0.5, 0.6) is 5.75 Å². The summed E-state index contributed by atoms with van der Waals surface area (Å²) in [7, 11) is 1.36. The van der Waals surface area contributed by atoms with E-state index >= 15 is 0 Å². The number of carbonyl (C=O) groups excluding carboxylic acids is 1. The number of methoxy groups -OCH3 is 1. The summed E-state index contributed by atoms with van der Waals surface area (Å²) in [4.78, 5) is 25.0. The normalized spacial score (nSPS) is 15.7. The fourth-order valence-corrected chi connectivity index (χ4v) is 2.46. The first-order valence-electron chi connectivity index (χ1n) is 7.67. The van der Waals surface area contributed by atoms with Crippen molar-refractivity contribution >= 4 is 12.0 Å². The van der Waals surface area contributed by atoms with E-state index < -0.39 is 17.7 Å². The minimum atomic E-state index is -1.05. The molecule has 24 heavy (non-hydrogen) atoms. The molecule has 0 saturated carbocycles. The zero-order chi connectivity index (χ0) is 17.5. The summed E-state index contributed by atoms with van der Waals surface area (Å²) in [5.74, 6) is -2.33. The van der Waals surface area contributed by atoms with E-state index in [4.69, 9.17) is 9.47 Å². The van der Waals surface area contributed by atoms with E-state index in [0.29, 0.717) is 31.9 Å². The lowest BCUT2D eigenvalue weighted by Gasteiger charge is -2.27. The number of aliphatic carboxylic acids is 1. The smallest absolute Gasteiger partial charge is 0.317 e. The molecule has 2 N–H and O–H groups in total. The number of morpholine rings is 1. The van der Waals surface area contributed by atoms with Crippen molar-refractivity contribution in [1.82, 2.24) is 10.2 Å². The van der Waals surface area contributed by atoms with Crippen molar-refractivity contribution in [3.8, 4) is 5.75 Å². The van der Waals surface area contributed by atoms with Gasteiger partial charge in [-0.1, -0.05) is 6.07 Å². The second-order valence-electron chi connectivity index (χ2n) is 5.49. The highest BCUT2D eigenvalue weighted by Crippen LogP contribution is 2.19. The lowest BCUT2D eigenvalue weighted by Crippen LogP contribution is -2.48. The van der Waals surface area contributed by atoms with Crippen LogP contribution in [0.15, 0.2) is 18.2 Å². The molecule has 1 atom stereocenters. The first-order chi connectivity index (χ1) is 11.5. The van der Waals surface area contributed by atoms with Gasteiger partial charge >= 0.3 is 12.0 Å². The van der Waals surface area contributed by atoms with Crippen LogP contribution < -0.4 is 10.1 Å². The quantitative estimate of drug-likeness (QED) is 0.810. The summed E-state index contributed by atoms with van der Waals surface area (Å²) < 4.78 is 23.7. The minimum absolute atomic E-state index is 0.0286. The van der Waals surface area contributed by atoms with E-state index in [1.54, 1.807) is 11.0 Å². The second kappa shape index (κ2) is 8.49. The Morgan fingerprint density at radius 1 is 1.42 bits per heavy atom. The molecule has 1 unspecified atom stereocenters. The average Bonchev–Trinajstić information content (AvgIpc) is 2.59. The van der Waals surface area contributed by atoms with E-state index in [2.05, 4.69) is 5.32 Å². The molecule has 1 aliphatic rings. The van der Waals surface area contributed by atoms with E-state index in [-0.39, 0.29) is 24.7 Å². The molecule has 1 saturated heterocycles. The summed E-state index contributed by atoms with van der Waals surface area (Å²) in [6.07, 6.45) is 0.111. The summed E-state index contributed by atoms with van der Waals surface area (Å²) in [6.45, 7) is 1.88. The molecule has 0 spiro atoms. The number of halogens is 1. The Bertz CT molecular complexity index is 590. The van der Waals surface area contributed by atoms with Crippen LogP contribution in [-0.2, 0) is 16.0 Å². The van der Waals surface area contributed by atoms with Crippen molar-refractivity contribution in [2.45, 2.75) is 6.42 Å². The molecule has 1 aliphatic heterocycles. The van der Waals surface area contributed by atoms with Crippen LogP contribution in [0.1, 0.15) is 5.56 Å². The number of carboxylic acid groups (broad SMARTS) is 1. The highest BCUT2D eigenvalue weighted by Gasteiger charge is 2.22. The molecule has 1 aromatic rings. The van der Waals surface area contributed by atoms with Crippen LogP contribution in [0.2, 0.25) is 0 Å². The number of nitrogens with one attached hydrogen (secondary N) is 1. The Hall–Kier alpha value is -2.35. The Kier molecular flexibility index (Phi) is 6.36. The van der Waals surface area contributed by atoms with Crippen LogP contribution >= 0.6 is 0 Å². The zero-order valence-electron chi connectivity index (χ0n) is 13.5. The van der Waals surface area contributed by atoms with E-state index in [1.807, 2.05) is 0 Å². The molecule has 1 aromatic carbocycles. The molecule has 132 valence electrons. The molecule has 1 heterocycles. The molecule has 0 bridgehead atoms. The lowest BCUT2D eigenvalue weighted by molar-refractivity contribution is -0.141. The van der Waals surface area contributed by atoms with Gasteiger partial charge in [0.05, 0.1) is 26.2 Å². The molecule has 0 aliphatic carbocycles. The van der Waals surface area contributed by atoms with Gasteiger partial charge in [-0.05, 0) is 24.1 Å². The Balaban J connectivity index is 1.93. The highest BCUT2D eigenvalue weighted by atomic mass is 19.1. The van der Waals surface area contributed by atoms with Gasteiger partial charge < -0.3 is 24.8 Å². The van der Waals surface area contributed by atoms with Gasteiger partial charge in [0.25, 0.3) is 0 Å². The summed E-state index contributed by atoms with van der Waals surface area (Å²) in [5.41, 5.74) is 0.529. The molecule has 2 rings (SSSR count). The number of benzene rings is 1. The van der Waals surface area contributed by atoms with E-state index in [9.17, 15) is 19.1 Å². The van der Waals surface area contributed by atoms with Crippen molar-refractivity contribution < 1.29 is 28.6 Å². The third-order valence-corrected chi connectivity index (χ3v) is 3.85. The molecule has 2 amide bonds. The van der Waals surface area contributed by atoms with Crippen molar-refractivity contribution in [2.75, 3.05) is 40.0 Å². The third-order valence-electron chi connectivity index (χ3n) is 3.85. The number of amides is 2. The van der Waals surface area contributed by atoms with E-state index in [1.165, 1.54) is 19.2 Å². The number of ether oxygens (including phenoxy) is 2. The fourth-order valence-electron chi connectivity index (χ4n) is 2.46. The number of nitrogens with zero attached hydrogens (tertiary/aromatic N) is 1. The molecule has 7 nitrogen and oxygen atoms in total. The van der Waals surface area contributed by atoms with Crippen LogP contribution in [0.25, 0.3) is 0 Å². The van der Waals surface area contributed by atoms with Crippen molar-refractivity contribution in [3.63, 3.8) is 0 Å². The first kappa shape index (κ1) is 18.0. The van der Waals surface area contributed by atoms with Gasteiger partial charge in [-0.3, -0.25) is 4.79 Å². The number of hydrogen-bond donors (Lipinski definition) is 2. The molecular formula is C16H21FN2O5. The second-order valence-corrected chi connectivity index (χ2v) is 5.49. The lowest BCUT2D eigenvalue weighted by atomic mass is 9.99. The number of urea groups is 1. The van der Waals surface area contributed by atoms with E-state index in [0.717, 1.165) is 0 Å². The molecule has 0 radical (unpaired) electrons. The molecule has 0 aromatic heterocycles. The summed E-state index contributed by atoms with van der Waals surface area (Å²) in [6, 6.07) is 4.00. The Morgan fingerprint density at radius 3 is 2.71 bits per heavy atom. The number of hydrogen-bond acceptors (Lipinski definition) is 4. The van der Waals surface area contributed by atoms with Crippen molar-refractivity contribution in [2.24, 2.45) is 5.92 Å². The summed E-state index contributed by atoms with van der Waals surface area (Å²) >= 11 is 0. The standard InChI is InChI=1S/C16H21FN2O5/c1-23-14-3-2-11(9-13(14)17)8-12(15(20)21)10-18-16(22)19-4-6-24-7-5-19/h2-3,9,12H,4-8,10H2,1H3,(H,18,22)(H,20,21). The Morgan fingerprint density at radius 2 is 2.12 bits per heavy atom. The van der Waals surface area contributed by atoms with Crippen LogP contribution in [0.4, 0.5) is 9.18 Å². The maximum atomic E-state index is 13.7. The SMILES string of the molecule is COc1ccc(CC(CNC(=O)N2CCOCC2)C(=O)O)cc1F. The zero-order valence-corrected chi connectivity index (χ0v) is 13.5. The maximum absolute atomic E-state index is 13.7. The van der Waals surface area contributed by atoms with Gasteiger partial charge in [0.15, 0.2) is 11.6 Å². The summed E-state index contributed by atoms with van der Waals surface area (Å²) in [5, 5.41) is 11.9. The largest absolute Gasteiger partial charge is 0.494 e. The van der Waals surface area contributed by atoms with Gasteiger partial charge in [0.1, 0.15) is 0 Å². The number of carboxylic acids is 1. The number of carbonyl (C=O) groups is 2. The first-order valence-corrected chi connectivity index (χ1v) is 7.67.